The third kappa shape index (κ3) is 5.32. The summed E-state index contributed by atoms with van der Waals surface area (Å²) in [6.07, 6.45) is 3.92. The molecule has 1 heterocycles. The number of carbonyl (C=O) groups excluding carboxylic acids is 1. The number of nitrogens with one attached hydrogen (secondary N) is 1. The van der Waals surface area contributed by atoms with E-state index in [0.29, 0.717) is 18.9 Å². The molecule has 1 aromatic rings. The van der Waals surface area contributed by atoms with Crippen LogP contribution in [0.4, 0.5) is 0 Å². The normalized spacial score (nSPS) is 10.9. The van der Waals surface area contributed by atoms with E-state index < -0.39 is 0 Å². The van der Waals surface area contributed by atoms with E-state index in [-0.39, 0.29) is 5.91 Å². The van der Waals surface area contributed by atoms with E-state index in [0.717, 1.165) is 10.2 Å². The van der Waals surface area contributed by atoms with E-state index in [9.17, 15) is 4.79 Å². The molecule has 0 spiro atoms. The number of rotatable bonds is 6. The van der Waals surface area contributed by atoms with Crippen molar-refractivity contribution in [3.63, 3.8) is 0 Å². The van der Waals surface area contributed by atoms with Crippen LogP contribution in [0, 0.1) is 3.77 Å². The highest BCUT2D eigenvalue weighted by molar-refractivity contribution is 14.1. The van der Waals surface area contributed by atoms with Gasteiger partial charge in [0.25, 0.3) is 0 Å². The molecule has 88 valence electrons. The molecule has 16 heavy (non-hydrogen) atoms. The number of amides is 1. The Morgan fingerprint density at radius 1 is 1.62 bits per heavy atom. The lowest BCUT2D eigenvalue weighted by atomic mass is 10.3. The number of ether oxygens (including phenoxy) is 1. The fourth-order valence-corrected chi connectivity index (χ4v) is 1.50. The molecule has 0 saturated carbocycles. The van der Waals surface area contributed by atoms with Gasteiger partial charge >= 0.3 is 0 Å². The Hall–Kier alpha value is -0.820. The van der Waals surface area contributed by atoms with Gasteiger partial charge in [0.2, 0.25) is 5.91 Å². The lowest BCUT2D eigenvalue weighted by Gasteiger charge is -2.00. The van der Waals surface area contributed by atoms with Gasteiger partial charge in [-0.15, -0.1) is 0 Å². The molecule has 0 atom stereocenters. The van der Waals surface area contributed by atoms with Gasteiger partial charge in [0.1, 0.15) is 5.76 Å². The molecule has 1 aromatic heterocycles. The minimum absolute atomic E-state index is 0.123. The number of halogens is 1. The van der Waals surface area contributed by atoms with Gasteiger partial charge in [-0.2, -0.15) is 0 Å². The number of furan rings is 1. The Morgan fingerprint density at radius 2 is 2.44 bits per heavy atom. The first-order chi connectivity index (χ1) is 7.72. The summed E-state index contributed by atoms with van der Waals surface area (Å²) in [5.74, 6) is 0.555. The van der Waals surface area contributed by atoms with Crippen LogP contribution in [0.1, 0.15) is 12.2 Å². The smallest absolute Gasteiger partial charge is 0.244 e. The van der Waals surface area contributed by atoms with Crippen molar-refractivity contribution in [2.75, 3.05) is 20.3 Å². The van der Waals surface area contributed by atoms with Crippen molar-refractivity contribution in [3.05, 3.63) is 27.7 Å². The molecule has 1 rings (SSSR count). The molecule has 0 aliphatic heterocycles. The molecule has 0 aliphatic rings. The molecule has 0 aromatic carbocycles. The molecule has 0 saturated heterocycles. The summed E-state index contributed by atoms with van der Waals surface area (Å²) in [5.41, 5.74) is 0. The Kier molecular flexibility index (Phi) is 6.17. The van der Waals surface area contributed by atoms with Crippen LogP contribution in [-0.2, 0) is 9.53 Å². The van der Waals surface area contributed by atoms with Crippen molar-refractivity contribution in [1.29, 1.82) is 0 Å². The van der Waals surface area contributed by atoms with Crippen LogP contribution in [0.2, 0.25) is 0 Å². The van der Waals surface area contributed by atoms with E-state index in [1.807, 2.05) is 12.1 Å². The van der Waals surface area contributed by atoms with Gasteiger partial charge in [-0.3, -0.25) is 4.79 Å². The van der Waals surface area contributed by atoms with Gasteiger partial charge in [-0.25, -0.2) is 0 Å². The van der Waals surface area contributed by atoms with Crippen molar-refractivity contribution < 1.29 is 13.9 Å². The van der Waals surface area contributed by atoms with Crippen LogP contribution >= 0.6 is 22.6 Å². The van der Waals surface area contributed by atoms with Crippen molar-refractivity contribution >= 4 is 34.6 Å². The lowest BCUT2D eigenvalue weighted by molar-refractivity contribution is -0.116. The Bertz CT molecular complexity index is 360. The van der Waals surface area contributed by atoms with Crippen LogP contribution in [0.15, 0.2) is 22.6 Å². The zero-order chi connectivity index (χ0) is 11.8. The average Bonchev–Trinajstić information content (AvgIpc) is 2.68. The topological polar surface area (TPSA) is 51.5 Å². The zero-order valence-electron chi connectivity index (χ0n) is 9.03. The summed E-state index contributed by atoms with van der Waals surface area (Å²) in [4.78, 5) is 11.3. The first-order valence-electron chi connectivity index (χ1n) is 4.92. The van der Waals surface area contributed by atoms with Gasteiger partial charge < -0.3 is 14.5 Å². The SMILES string of the molecule is COCCCNC(=O)/C=C/c1ccc(I)o1. The fraction of sp³-hybridized carbons (Fsp3) is 0.364. The predicted molar refractivity (Wildman–Crippen MR) is 70.0 cm³/mol. The second-order valence-corrected chi connectivity index (χ2v) is 4.18. The van der Waals surface area contributed by atoms with Crippen molar-refractivity contribution in [2.45, 2.75) is 6.42 Å². The summed E-state index contributed by atoms with van der Waals surface area (Å²) in [7, 11) is 1.64. The quantitative estimate of drug-likeness (QED) is 0.492. The molecule has 0 fully saturated rings. The second kappa shape index (κ2) is 7.45. The van der Waals surface area contributed by atoms with E-state index in [1.165, 1.54) is 6.08 Å². The lowest BCUT2D eigenvalue weighted by Crippen LogP contribution is -2.22. The zero-order valence-corrected chi connectivity index (χ0v) is 11.2. The monoisotopic (exact) mass is 335 g/mol. The average molecular weight is 335 g/mol. The van der Waals surface area contributed by atoms with Gasteiger partial charge in [-0.05, 0) is 47.2 Å². The second-order valence-electron chi connectivity index (χ2n) is 3.11. The maximum atomic E-state index is 11.3. The van der Waals surface area contributed by atoms with Gasteiger partial charge in [0.05, 0.1) is 0 Å². The summed E-state index contributed by atoms with van der Waals surface area (Å²) in [6.45, 7) is 1.27. The van der Waals surface area contributed by atoms with Crippen LogP contribution < -0.4 is 5.32 Å². The molecule has 4 nitrogen and oxygen atoms in total. The van der Waals surface area contributed by atoms with Gasteiger partial charge in [0.15, 0.2) is 3.77 Å². The van der Waals surface area contributed by atoms with Crippen LogP contribution in [0.5, 0.6) is 0 Å². The minimum atomic E-state index is -0.123. The summed E-state index contributed by atoms with van der Waals surface area (Å²) in [5, 5.41) is 2.75. The standard InChI is InChI=1S/C11H14INO3/c1-15-8-2-7-13-11(14)6-4-9-3-5-10(12)16-9/h3-6H,2,7-8H2,1H3,(H,13,14)/b6-4+. The highest BCUT2D eigenvalue weighted by atomic mass is 127. The van der Waals surface area contributed by atoms with Crippen LogP contribution in [0.3, 0.4) is 0 Å². The Labute approximate surface area is 108 Å². The summed E-state index contributed by atoms with van der Waals surface area (Å²) in [6, 6.07) is 3.66. The molecular weight excluding hydrogens is 321 g/mol. The molecule has 0 radical (unpaired) electrons. The summed E-state index contributed by atoms with van der Waals surface area (Å²) >= 11 is 2.07. The largest absolute Gasteiger partial charge is 0.451 e. The van der Waals surface area contributed by atoms with E-state index in [4.69, 9.17) is 9.15 Å². The maximum Gasteiger partial charge on any atom is 0.244 e. The van der Waals surface area contributed by atoms with E-state index >= 15 is 0 Å². The molecule has 1 amide bonds. The molecule has 0 bridgehead atoms. The highest BCUT2D eigenvalue weighted by Crippen LogP contribution is 2.11. The van der Waals surface area contributed by atoms with Gasteiger partial charge in [0, 0.05) is 26.3 Å². The minimum Gasteiger partial charge on any atom is -0.451 e. The maximum absolute atomic E-state index is 11.3. The predicted octanol–water partition coefficient (Wildman–Crippen LogP) is 2.05. The number of carbonyl (C=O) groups is 1. The van der Waals surface area contributed by atoms with Crippen LogP contribution in [-0.4, -0.2) is 26.2 Å². The Morgan fingerprint density at radius 3 is 3.06 bits per heavy atom. The molecule has 5 heteroatoms. The van der Waals surface area contributed by atoms with Crippen molar-refractivity contribution in [2.24, 2.45) is 0 Å². The Balaban J connectivity index is 2.26. The van der Waals surface area contributed by atoms with Crippen molar-refractivity contribution in [1.82, 2.24) is 5.32 Å². The van der Waals surface area contributed by atoms with Gasteiger partial charge in [-0.1, -0.05) is 0 Å². The molecule has 0 unspecified atom stereocenters. The number of hydrogen-bond donors (Lipinski definition) is 1. The van der Waals surface area contributed by atoms with Crippen LogP contribution in [0.25, 0.3) is 6.08 Å². The van der Waals surface area contributed by atoms with E-state index in [1.54, 1.807) is 13.2 Å². The fourth-order valence-electron chi connectivity index (χ4n) is 1.06. The third-order valence-corrected chi connectivity index (χ3v) is 2.40. The highest BCUT2D eigenvalue weighted by Gasteiger charge is 1.97. The molecule has 1 N–H and O–H groups in total. The number of hydrogen-bond acceptors (Lipinski definition) is 3. The van der Waals surface area contributed by atoms with Crippen molar-refractivity contribution in [3.8, 4) is 0 Å². The number of methoxy groups -OCH3 is 1. The first kappa shape index (κ1) is 13.2. The third-order valence-electron chi connectivity index (χ3n) is 1.82. The first-order valence-corrected chi connectivity index (χ1v) is 6.00. The molecular formula is C11H14INO3. The van der Waals surface area contributed by atoms with E-state index in [2.05, 4.69) is 27.9 Å². The molecule has 0 aliphatic carbocycles. The summed E-state index contributed by atoms with van der Waals surface area (Å²) < 4.78 is 11.0.